The van der Waals surface area contributed by atoms with E-state index in [0.717, 1.165) is 5.69 Å². The maximum atomic E-state index is 12.0. The number of aliphatic hydroxyl groups excluding tert-OH is 1. The first kappa shape index (κ1) is 15.1. The number of nitrogens with one attached hydrogen (secondary N) is 1. The van der Waals surface area contributed by atoms with Crippen LogP contribution >= 0.6 is 0 Å². The van der Waals surface area contributed by atoms with Gasteiger partial charge in [-0.05, 0) is 25.5 Å². The van der Waals surface area contributed by atoms with Crippen LogP contribution in [0.25, 0.3) is 5.69 Å². The molecule has 0 aliphatic heterocycles. The Labute approximate surface area is 124 Å². The summed E-state index contributed by atoms with van der Waals surface area (Å²) in [5.74, 6) is 0.493. The van der Waals surface area contributed by atoms with Crippen molar-refractivity contribution in [1.82, 2.24) is 14.7 Å². The van der Waals surface area contributed by atoms with Gasteiger partial charge in [0, 0.05) is 25.9 Å². The van der Waals surface area contributed by atoms with Gasteiger partial charge in [0.25, 0.3) is 0 Å². The average molecular weight is 288 g/mol. The van der Waals surface area contributed by atoms with Gasteiger partial charge in [0.1, 0.15) is 0 Å². The van der Waals surface area contributed by atoms with Gasteiger partial charge in [-0.1, -0.05) is 18.2 Å². The number of benzene rings is 1. The zero-order valence-electron chi connectivity index (χ0n) is 12.2. The summed E-state index contributed by atoms with van der Waals surface area (Å²) in [6.45, 7) is 2.19. The van der Waals surface area contributed by atoms with Crippen LogP contribution in [0.15, 0.2) is 42.6 Å². The highest BCUT2D eigenvalue weighted by atomic mass is 16.3. The molecule has 1 aromatic carbocycles. The van der Waals surface area contributed by atoms with Crippen molar-refractivity contribution in [3.8, 4) is 5.69 Å². The van der Waals surface area contributed by atoms with Crippen LogP contribution in [0, 0.1) is 0 Å². The van der Waals surface area contributed by atoms with Gasteiger partial charge >= 0.3 is 6.03 Å². The predicted molar refractivity (Wildman–Crippen MR) is 81.5 cm³/mol. The molecule has 112 valence electrons. The summed E-state index contributed by atoms with van der Waals surface area (Å²) in [5.41, 5.74) is 0.931. The fourth-order valence-electron chi connectivity index (χ4n) is 1.80. The van der Waals surface area contributed by atoms with Crippen LogP contribution in [-0.4, -0.2) is 45.5 Å². The molecule has 0 bridgehead atoms. The molecule has 2 N–H and O–H groups in total. The minimum Gasteiger partial charge on any atom is -0.393 e. The van der Waals surface area contributed by atoms with Crippen LogP contribution in [0.5, 0.6) is 0 Å². The summed E-state index contributed by atoms with van der Waals surface area (Å²) in [6, 6.07) is 11.2. The Morgan fingerprint density at radius 3 is 2.76 bits per heavy atom. The smallest absolute Gasteiger partial charge is 0.322 e. The highest BCUT2D eigenvalue weighted by Gasteiger charge is 2.11. The Bertz CT molecular complexity index is 580. The number of hydrogen-bond donors (Lipinski definition) is 2. The summed E-state index contributed by atoms with van der Waals surface area (Å²) >= 11 is 0. The normalized spacial score (nSPS) is 12.0. The molecule has 0 saturated heterocycles. The summed E-state index contributed by atoms with van der Waals surface area (Å²) in [4.78, 5) is 13.5. The van der Waals surface area contributed by atoms with Crippen molar-refractivity contribution in [3.63, 3.8) is 0 Å². The van der Waals surface area contributed by atoms with E-state index in [2.05, 4.69) is 10.4 Å². The van der Waals surface area contributed by atoms with Crippen LogP contribution in [0.3, 0.4) is 0 Å². The Hall–Kier alpha value is -2.34. The lowest BCUT2D eigenvalue weighted by molar-refractivity contribution is 0.167. The second-order valence-corrected chi connectivity index (χ2v) is 4.97. The first-order valence-electron chi connectivity index (χ1n) is 6.87. The molecule has 6 nitrogen and oxygen atoms in total. The van der Waals surface area contributed by atoms with Crippen molar-refractivity contribution in [3.05, 3.63) is 42.6 Å². The number of carbonyl (C=O) groups excluding carboxylic acids is 1. The number of nitrogens with zero attached hydrogens (tertiary/aromatic N) is 3. The van der Waals surface area contributed by atoms with E-state index in [0.29, 0.717) is 18.8 Å². The molecule has 0 saturated carbocycles. The highest BCUT2D eigenvalue weighted by Crippen LogP contribution is 2.10. The Morgan fingerprint density at radius 2 is 2.10 bits per heavy atom. The van der Waals surface area contributed by atoms with Crippen LogP contribution in [0.1, 0.15) is 13.3 Å². The van der Waals surface area contributed by atoms with Gasteiger partial charge in [-0.25, -0.2) is 9.48 Å². The summed E-state index contributed by atoms with van der Waals surface area (Å²) in [6.07, 6.45) is 1.92. The van der Waals surface area contributed by atoms with Gasteiger partial charge in [0.15, 0.2) is 5.82 Å². The average Bonchev–Trinajstić information content (AvgIpc) is 2.94. The number of rotatable bonds is 5. The van der Waals surface area contributed by atoms with Crippen molar-refractivity contribution < 1.29 is 9.90 Å². The fraction of sp³-hybridized carbons (Fsp3) is 0.333. The van der Waals surface area contributed by atoms with E-state index in [9.17, 15) is 9.90 Å². The lowest BCUT2D eigenvalue weighted by Crippen LogP contribution is -2.33. The van der Waals surface area contributed by atoms with Gasteiger partial charge in [-0.2, -0.15) is 0 Å². The van der Waals surface area contributed by atoms with Crippen LogP contribution in [0.2, 0.25) is 0 Å². The molecule has 0 spiro atoms. The Morgan fingerprint density at radius 1 is 1.38 bits per heavy atom. The Kier molecular flexibility index (Phi) is 4.94. The standard InChI is InChI=1S/C15H20N4O2/c1-12(20)8-10-18(2)15(21)16-14-9-11-19(17-14)13-6-4-3-5-7-13/h3-7,9,11-12,20H,8,10H2,1-2H3,(H,16,17,21)/t12-/m0/s1. The maximum absolute atomic E-state index is 12.0. The molecule has 1 heterocycles. The number of anilines is 1. The molecule has 0 aliphatic carbocycles. The van der Waals surface area contributed by atoms with Gasteiger partial charge in [0.2, 0.25) is 0 Å². The topological polar surface area (TPSA) is 70.4 Å². The minimum atomic E-state index is -0.419. The summed E-state index contributed by atoms with van der Waals surface area (Å²) in [5, 5.41) is 16.3. The second-order valence-electron chi connectivity index (χ2n) is 4.97. The van der Waals surface area contributed by atoms with Gasteiger partial charge in [-0.15, -0.1) is 5.10 Å². The number of para-hydroxylation sites is 1. The number of urea groups is 1. The Balaban J connectivity index is 1.95. The predicted octanol–water partition coefficient (Wildman–Crippen LogP) is 2.11. The second kappa shape index (κ2) is 6.90. The zero-order chi connectivity index (χ0) is 15.2. The van der Waals surface area contributed by atoms with Gasteiger partial charge in [0.05, 0.1) is 11.8 Å². The van der Waals surface area contributed by atoms with E-state index in [1.807, 2.05) is 30.3 Å². The van der Waals surface area contributed by atoms with Crippen molar-refractivity contribution in [1.29, 1.82) is 0 Å². The molecule has 2 rings (SSSR count). The van der Waals surface area contributed by atoms with E-state index in [4.69, 9.17) is 0 Å². The van der Waals surface area contributed by atoms with Crippen molar-refractivity contribution >= 4 is 11.8 Å². The number of aromatic nitrogens is 2. The van der Waals surface area contributed by atoms with E-state index >= 15 is 0 Å². The molecule has 0 fully saturated rings. The van der Waals surface area contributed by atoms with E-state index < -0.39 is 6.10 Å². The summed E-state index contributed by atoms with van der Waals surface area (Å²) < 4.78 is 1.70. The molecule has 6 heteroatoms. The highest BCUT2D eigenvalue weighted by molar-refractivity contribution is 5.88. The molecule has 0 radical (unpaired) electrons. The van der Waals surface area contributed by atoms with E-state index in [1.165, 1.54) is 4.90 Å². The molecule has 0 aliphatic rings. The number of amides is 2. The van der Waals surface area contributed by atoms with Crippen molar-refractivity contribution in [2.75, 3.05) is 18.9 Å². The number of aliphatic hydroxyl groups is 1. The molecular formula is C15H20N4O2. The molecule has 1 aromatic heterocycles. The first-order valence-corrected chi connectivity index (χ1v) is 6.87. The molecule has 21 heavy (non-hydrogen) atoms. The van der Waals surface area contributed by atoms with Crippen molar-refractivity contribution in [2.45, 2.75) is 19.4 Å². The van der Waals surface area contributed by atoms with E-state index in [1.54, 1.807) is 30.9 Å². The van der Waals surface area contributed by atoms with Crippen molar-refractivity contribution in [2.24, 2.45) is 0 Å². The van der Waals surface area contributed by atoms with E-state index in [-0.39, 0.29) is 6.03 Å². The SMILES string of the molecule is C[C@H](O)CCN(C)C(=O)Nc1ccn(-c2ccccc2)n1. The van der Waals surface area contributed by atoms with Gasteiger partial charge in [-0.3, -0.25) is 5.32 Å². The van der Waals surface area contributed by atoms with Crippen LogP contribution in [-0.2, 0) is 0 Å². The maximum Gasteiger partial charge on any atom is 0.322 e. The third-order valence-electron chi connectivity index (χ3n) is 3.07. The molecule has 0 unspecified atom stereocenters. The quantitative estimate of drug-likeness (QED) is 0.885. The monoisotopic (exact) mass is 288 g/mol. The number of hydrogen-bond acceptors (Lipinski definition) is 3. The molecular weight excluding hydrogens is 268 g/mol. The number of carbonyl (C=O) groups is 1. The van der Waals surface area contributed by atoms with Crippen LogP contribution < -0.4 is 5.32 Å². The molecule has 1 atom stereocenters. The zero-order valence-corrected chi connectivity index (χ0v) is 12.2. The first-order chi connectivity index (χ1) is 10.1. The minimum absolute atomic E-state index is 0.242. The lowest BCUT2D eigenvalue weighted by Gasteiger charge is -2.17. The van der Waals surface area contributed by atoms with Crippen LogP contribution in [0.4, 0.5) is 10.6 Å². The molecule has 2 aromatic rings. The lowest BCUT2D eigenvalue weighted by atomic mass is 10.3. The molecule has 2 amide bonds. The third-order valence-corrected chi connectivity index (χ3v) is 3.07. The fourth-order valence-corrected chi connectivity index (χ4v) is 1.80. The van der Waals surface area contributed by atoms with Gasteiger partial charge < -0.3 is 10.0 Å². The summed E-state index contributed by atoms with van der Waals surface area (Å²) in [7, 11) is 1.69. The third kappa shape index (κ3) is 4.32. The largest absolute Gasteiger partial charge is 0.393 e.